The summed E-state index contributed by atoms with van der Waals surface area (Å²) in [6.45, 7) is 0. The van der Waals surface area contributed by atoms with E-state index in [9.17, 15) is 4.79 Å². The Morgan fingerprint density at radius 2 is 1.21 bits per heavy atom. The number of fused-ring (bicyclic) bond motifs is 6. The lowest BCUT2D eigenvalue weighted by molar-refractivity contribution is -0.116. The first kappa shape index (κ1) is 22.3. The van der Waals surface area contributed by atoms with Gasteiger partial charge in [0.1, 0.15) is 0 Å². The molecule has 1 heterocycles. The van der Waals surface area contributed by atoms with E-state index in [1.165, 1.54) is 0 Å². The lowest BCUT2D eigenvalue weighted by Gasteiger charge is -2.30. The summed E-state index contributed by atoms with van der Waals surface area (Å²) < 4.78 is 23.4. The minimum atomic E-state index is -0.130. The fourth-order valence-electron chi connectivity index (χ4n) is 4.87. The van der Waals surface area contributed by atoms with E-state index in [0.717, 1.165) is 42.8 Å². The number of methoxy groups -OCH3 is 4. The Morgan fingerprint density at radius 3 is 1.74 bits per heavy atom. The van der Waals surface area contributed by atoms with E-state index in [4.69, 9.17) is 18.9 Å². The SMILES string of the molecule is COc1cc2c3c(c4cc(OC)c(OC)cc4c2cc1OC)C(c1ccc(Br)cc1)CC(=O)N3. The highest BCUT2D eigenvalue weighted by atomic mass is 79.9. The Morgan fingerprint density at radius 1 is 0.735 bits per heavy atom. The molecule has 4 aromatic rings. The number of carbonyl (C=O) groups is 1. The van der Waals surface area contributed by atoms with Gasteiger partial charge in [0.25, 0.3) is 0 Å². The van der Waals surface area contributed by atoms with Gasteiger partial charge in [-0.1, -0.05) is 28.1 Å². The molecule has 0 spiro atoms. The van der Waals surface area contributed by atoms with E-state index in [1.54, 1.807) is 28.4 Å². The number of carbonyl (C=O) groups excluding carboxylic acids is 1. The first-order chi connectivity index (χ1) is 16.5. The van der Waals surface area contributed by atoms with E-state index in [-0.39, 0.29) is 11.8 Å². The Kier molecular flexibility index (Phi) is 5.73. The van der Waals surface area contributed by atoms with Crippen molar-refractivity contribution in [3.63, 3.8) is 0 Å². The monoisotopic (exact) mass is 521 g/mol. The van der Waals surface area contributed by atoms with Crippen LogP contribution in [0.5, 0.6) is 23.0 Å². The average Bonchev–Trinajstić information content (AvgIpc) is 2.87. The van der Waals surface area contributed by atoms with Gasteiger partial charge in [0.05, 0.1) is 34.1 Å². The second-order valence-electron chi connectivity index (χ2n) is 8.15. The molecule has 0 aliphatic carbocycles. The molecule has 1 aliphatic heterocycles. The van der Waals surface area contributed by atoms with E-state index in [2.05, 4.69) is 33.4 Å². The number of amides is 1. The summed E-state index contributed by atoms with van der Waals surface area (Å²) in [4.78, 5) is 12.9. The maximum atomic E-state index is 12.9. The number of nitrogens with one attached hydrogen (secondary N) is 1. The average molecular weight is 522 g/mol. The molecule has 0 saturated heterocycles. The standard InChI is InChI=1S/C27H24BrNO5/c1-31-21-9-17-18-10-22(32-2)24(34-4)12-20(18)27-26(19(17)11-23(21)33-3)16(13-25(30)29-27)14-5-7-15(28)8-6-14/h5-12,16H,13H2,1-4H3,(H,29,30). The highest BCUT2D eigenvalue weighted by Gasteiger charge is 2.31. The van der Waals surface area contributed by atoms with Crippen LogP contribution in [0.2, 0.25) is 0 Å². The maximum Gasteiger partial charge on any atom is 0.225 e. The summed E-state index contributed by atoms with van der Waals surface area (Å²) in [7, 11) is 6.46. The smallest absolute Gasteiger partial charge is 0.225 e. The van der Waals surface area contributed by atoms with Crippen LogP contribution in [0.1, 0.15) is 23.5 Å². The number of hydrogen-bond acceptors (Lipinski definition) is 5. The van der Waals surface area contributed by atoms with Crippen molar-refractivity contribution in [1.82, 2.24) is 0 Å². The molecular formula is C27H24BrNO5. The van der Waals surface area contributed by atoms with Gasteiger partial charge in [0.2, 0.25) is 5.91 Å². The summed E-state index contributed by atoms with van der Waals surface area (Å²) in [6.07, 6.45) is 0.344. The molecule has 174 valence electrons. The summed E-state index contributed by atoms with van der Waals surface area (Å²) in [5.74, 6) is 2.30. The van der Waals surface area contributed by atoms with Gasteiger partial charge in [-0.25, -0.2) is 0 Å². The zero-order valence-electron chi connectivity index (χ0n) is 19.3. The molecule has 34 heavy (non-hydrogen) atoms. The molecule has 0 saturated carbocycles. The lowest BCUT2D eigenvalue weighted by Crippen LogP contribution is -2.24. The number of benzene rings is 4. The van der Waals surface area contributed by atoms with Crippen LogP contribution in [0, 0.1) is 0 Å². The summed E-state index contributed by atoms with van der Waals surface area (Å²) in [5.41, 5.74) is 2.88. The van der Waals surface area contributed by atoms with Crippen LogP contribution in [-0.4, -0.2) is 34.3 Å². The first-order valence-corrected chi connectivity index (χ1v) is 11.6. The second-order valence-corrected chi connectivity index (χ2v) is 9.07. The van der Waals surface area contributed by atoms with Crippen molar-refractivity contribution in [2.45, 2.75) is 12.3 Å². The highest BCUT2D eigenvalue weighted by molar-refractivity contribution is 9.10. The van der Waals surface area contributed by atoms with E-state index in [1.807, 2.05) is 36.4 Å². The Bertz CT molecular complexity index is 1430. The largest absolute Gasteiger partial charge is 0.493 e. The van der Waals surface area contributed by atoms with Gasteiger partial charge in [0, 0.05) is 22.2 Å². The Hall–Kier alpha value is -3.45. The molecule has 1 atom stereocenters. The third-order valence-corrected chi connectivity index (χ3v) is 6.97. The van der Waals surface area contributed by atoms with Crippen molar-refractivity contribution >= 4 is 49.1 Å². The van der Waals surface area contributed by atoms with Crippen molar-refractivity contribution in [1.29, 1.82) is 0 Å². The van der Waals surface area contributed by atoms with Crippen LogP contribution in [-0.2, 0) is 4.79 Å². The molecule has 7 heteroatoms. The molecule has 1 unspecified atom stereocenters. The third kappa shape index (κ3) is 3.51. The van der Waals surface area contributed by atoms with Crippen LogP contribution in [0.15, 0.2) is 53.0 Å². The first-order valence-electron chi connectivity index (χ1n) is 10.8. The third-order valence-electron chi connectivity index (χ3n) is 6.44. The van der Waals surface area contributed by atoms with Crippen LogP contribution in [0.4, 0.5) is 5.69 Å². The molecule has 1 amide bonds. The molecule has 0 radical (unpaired) electrons. The summed E-state index contributed by atoms with van der Waals surface area (Å²) in [6, 6.07) is 16.0. The molecule has 0 fully saturated rings. The molecule has 0 aromatic heterocycles. The number of hydrogen-bond donors (Lipinski definition) is 1. The molecule has 4 aromatic carbocycles. The van der Waals surface area contributed by atoms with Crippen LogP contribution >= 0.6 is 15.9 Å². The molecule has 5 rings (SSSR count). The number of ether oxygens (including phenoxy) is 4. The highest BCUT2D eigenvalue weighted by Crippen LogP contribution is 2.50. The zero-order chi connectivity index (χ0) is 24.0. The predicted octanol–water partition coefficient (Wildman–Crippen LogP) is 6.26. The van der Waals surface area contributed by atoms with Crippen molar-refractivity contribution in [3.8, 4) is 23.0 Å². The van der Waals surface area contributed by atoms with Crippen molar-refractivity contribution in [3.05, 3.63) is 64.1 Å². The van der Waals surface area contributed by atoms with Crippen LogP contribution in [0.3, 0.4) is 0 Å². The minimum Gasteiger partial charge on any atom is -0.493 e. The molecule has 1 aliphatic rings. The van der Waals surface area contributed by atoms with Gasteiger partial charge in [-0.2, -0.15) is 0 Å². The quantitative estimate of drug-likeness (QED) is 0.314. The van der Waals surface area contributed by atoms with Crippen molar-refractivity contribution in [2.75, 3.05) is 33.8 Å². The van der Waals surface area contributed by atoms with E-state index < -0.39 is 0 Å². The Labute approximate surface area is 205 Å². The van der Waals surface area contributed by atoms with E-state index >= 15 is 0 Å². The number of rotatable bonds is 5. The van der Waals surface area contributed by atoms with Crippen LogP contribution < -0.4 is 24.3 Å². The fourth-order valence-corrected chi connectivity index (χ4v) is 5.13. The van der Waals surface area contributed by atoms with Gasteiger partial charge in [0.15, 0.2) is 23.0 Å². The normalized spacial score (nSPS) is 15.1. The topological polar surface area (TPSA) is 66.0 Å². The summed E-state index contributed by atoms with van der Waals surface area (Å²) >= 11 is 3.51. The Balaban J connectivity index is 1.95. The van der Waals surface area contributed by atoms with Gasteiger partial charge >= 0.3 is 0 Å². The van der Waals surface area contributed by atoms with Gasteiger partial charge in [-0.05, 0) is 63.7 Å². The van der Waals surface area contributed by atoms with E-state index in [0.29, 0.717) is 29.4 Å². The molecular weight excluding hydrogens is 498 g/mol. The lowest BCUT2D eigenvalue weighted by atomic mass is 9.80. The fraction of sp³-hybridized carbons (Fsp3) is 0.222. The molecule has 1 N–H and O–H groups in total. The van der Waals surface area contributed by atoms with Crippen molar-refractivity contribution < 1.29 is 23.7 Å². The van der Waals surface area contributed by atoms with Crippen molar-refractivity contribution in [2.24, 2.45) is 0 Å². The maximum absolute atomic E-state index is 12.9. The second kappa shape index (κ2) is 8.72. The van der Waals surface area contributed by atoms with Gasteiger partial charge in [-0.15, -0.1) is 0 Å². The molecule has 6 nitrogen and oxygen atoms in total. The zero-order valence-corrected chi connectivity index (χ0v) is 20.9. The summed E-state index contributed by atoms with van der Waals surface area (Å²) in [5, 5.41) is 6.91. The van der Waals surface area contributed by atoms with Gasteiger partial charge < -0.3 is 24.3 Å². The van der Waals surface area contributed by atoms with Crippen LogP contribution in [0.25, 0.3) is 21.5 Å². The van der Waals surface area contributed by atoms with Gasteiger partial charge in [-0.3, -0.25) is 4.79 Å². The predicted molar refractivity (Wildman–Crippen MR) is 137 cm³/mol. The molecule has 0 bridgehead atoms. The minimum absolute atomic E-state index is 0.0312. The number of anilines is 1. The number of halogens is 1.